The zero-order chi connectivity index (χ0) is 17.8. The molecule has 0 aromatic heterocycles. The lowest BCUT2D eigenvalue weighted by Gasteiger charge is -2.16. The molecule has 0 saturated heterocycles. The lowest BCUT2D eigenvalue weighted by Crippen LogP contribution is -2.23. The standard InChI is InChI=1S/C11H22O3.C8H12O/c1-4-7-8-9-12-10-11(13-5-2)14-6-3;1-4-6-8(5-2)7-9-3/h4,7,11H,5-6,8-10H2,1-3H3;4-6H,1-2,7H2,3H3/b7-4+;8-6+. The minimum absolute atomic E-state index is 0.212. The summed E-state index contributed by atoms with van der Waals surface area (Å²) in [6.07, 6.45) is 10.2. The van der Waals surface area contributed by atoms with E-state index in [4.69, 9.17) is 18.9 Å². The van der Waals surface area contributed by atoms with Crippen LogP contribution in [0.1, 0.15) is 27.2 Å². The van der Waals surface area contributed by atoms with E-state index in [1.54, 1.807) is 19.3 Å². The maximum absolute atomic E-state index is 5.40. The molecule has 134 valence electrons. The number of hydrogen-bond acceptors (Lipinski definition) is 4. The number of allylic oxidation sites excluding steroid dienone is 3. The van der Waals surface area contributed by atoms with Gasteiger partial charge in [-0.05, 0) is 32.8 Å². The average molecular weight is 326 g/mol. The Hall–Kier alpha value is -1.20. The van der Waals surface area contributed by atoms with Crippen molar-refractivity contribution < 1.29 is 18.9 Å². The van der Waals surface area contributed by atoms with Crippen molar-refractivity contribution in [2.75, 3.05) is 40.1 Å². The van der Waals surface area contributed by atoms with E-state index in [2.05, 4.69) is 19.2 Å². The molecule has 0 spiro atoms. The number of rotatable bonds is 13. The smallest absolute Gasteiger partial charge is 0.180 e. The topological polar surface area (TPSA) is 36.9 Å². The molecule has 0 N–H and O–H groups in total. The summed E-state index contributed by atoms with van der Waals surface area (Å²) in [4.78, 5) is 0. The lowest BCUT2D eigenvalue weighted by atomic mass is 10.2. The van der Waals surface area contributed by atoms with Gasteiger partial charge in [-0.25, -0.2) is 0 Å². The molecule has 0 fully saturated rings. The lowest BCUT2D eigenvalue weighted by molar-refractivity contribution is -0.166. The normalized spacial score (nSPS) is 11.4. The third kappa shape index (κ3) is 18.8. The maximum Gasteiger partial charge on any atom is 0.180 e. The molecule has 0 unspecified atom stereocenters. The molecule has 0 heterocycles. The Morgan fingerprint density at radius 2 is 1.78 bits per heavy atom. The first kappa shape index (κ1) is 24.1. The molecule has 4 nitrogen and oxygen atoms in total. The summed E-state index contributed by atoms with van der Waals surface area (Å²) in [6.45, 7) is 16.2. The molecular weight excluding hydrogens is 292 g/mol. The van der Waals surface area contributed by atoms with Crippen molar-refractivity contribution in [1.82, 2.24) is 0 Å². The van der Waals surface area contributed by atoms with Crippen LogP contribution in [0, 0.1) is 0 Å². The summed E-state index contributed by atoms with van der Waals surface area (Å²) in [6, 6.07) is 0. The monoisotopic (exact) mass is 326 g/mol. The van der Waals surface area contributed by atoms with Gasteiger partial charge in [0.2, 0.25) is 0 Å². The summed E-state index contributed by atoms with van der Waals surface area (Å²) < 4.78 is 20.9. The van der Waals surface area contributed by atoms with Crippen LogP contribution in [0.15, 0.2) is 49.1 Å². The quantitative estimate of drug-likeness (QED) is 0.219. The Kier molecular flexibility index (Phi) is 21.8. The fourth-order valence-corrected chi connectivity index (χ4v) is 1.51. The summed E-state index contributed by atoms with van der Waals surface area (Å²) in [5.41, 5.74) is 1.05. The van der Waals surface area contributed by atoms with Gasteiger partial charge in [0.15, 0.2) is 6.29 Å². The molecule has 0 aliphatic rings. The second-order valence-corrected chi connectivity index (χ2v) is 4.39. The molecule has 0 aromatic carbocycles. The van der Waals surface area contributed by atoms with E-state index in [0.29, 0.717) is 26.4 Å². The van der Waals surface area contributed by atoms with Crippen molar-refractivity contribution in [2.45, 2.75) is 33.5 Å². The predicted molar refractivity (Wildman–Crippen MR) is 97.6 cm³/mol. The maximum atomic E-state index is 5.40. The van der Waals surface area contributed by atoms with Gasteiger partial charge in [-0.15, -0.1) is 0 Å². The molecule has 0 atom stereocenters. The van der Waals surface area contributed by atoms with Crippen LogP contribution in [-0.4, -0.2) is 46.4 Å². The van der Waals surface area contributed by atoms with E-state index in [0.717, 1.165) is 18.6 Å². The second-order valence-electron chi connectivity index (χ2n) is 4.39. The van der Waals surface area contributed by atoms with Gasteiger partial charge in [0, 0.05) is 20.3 Å². The van der Waals surface area contributed by atoms with Gasteiger partial charge in [-0.3, -0.25) is 0 Å². The molecule has 23 heavy (non-hydrogen) atoms. The Morgan fingerprint density at radius 3 is 2.22 bits per heavy atom. The van der Waals surface area contributed by atoms with E-state index >= 15 is 0 Å². The molecule has 4 heteroatoms. The van der Waals surface area contributed by atoms with E-state index in [1.165, 1.54) is 0 Å². The van der Waals surface area contributed by atoms with Crippen LogP contribution in [0.2, 0.25) is 0 Å². The average Bonchev–Trinajstić information content (AvgIpc) is 2.55. The molecule has 0 aromatic rings. The number of hydrogen-bond donors (Lipinski definition) is 0. The number of ether oxygens (including phenoxy) is 4. The van der Waals surface area contributed by atoms with E-state index < -0.39 is 0 Å². The van der Waals surface area contributed by atoms with Crippen LogP contribution in [0.4, 0.5) is 0 Å². The first-order valence-electron chi connectivity index (χ1n) is 8.05. The third-order valence-corrected chi connectivity index (χ3v) is 2.53. The van der Waals surface area contributed by atoms with Gasteiger partial charge in [0.1, 0.15) is 0 Å². The molecular formula is C19H34O4. The molecule has 0 aliphatic heterocycles. The molecule has 0 radical (unpaired) electrons. The van der Waals surface area contributed by atoms with Crippen molar-refractivity contribution >= 4 is 0 Å². The minimum Gasteiger partial charge on any atom is -0.380 e. The van der Waals surface area contributed by atoms with E-state index in [1.807, 2.05) is 32.9 Å². The fraction of sp³-hybridized carbons (Fsp3) is 0.579. The summed E-state index contributed by atoms with van der Waals surface area (Å²) >= 11 is 0. The molecule has 0 saturated carbocycles. The first-order chi connectivity index (χ1) is 11.2. The first-order valence-corrected chi connectivity index (χ1v) is 8.05. The molecule has 0 bridgehead atoms. The van der Waals surface area contributed by atoms with E-state index in [9.17, 15) is 0 Å². The zero-order valence-corrected chi connectivity index (χ0v) is 15.3. The van der Waals surface area contributed by atoms with Crippen LogP contribution in [0.3, 0.4) is 0 Å². The molecule has 0 rings (SSSR count). The van der Waals surface area contributed by atoms with Gasteiger partial charge < -0.3 is 18.9 Å². The highest BCUT2D eigenvalue weighted by Crippen LogP contribution is 1.97. The Labute approximate surface area is 142 Å². The van der Waals surface area contributed by atoms with E-state index in [-0.39, 0.29) is 6.29 Å². The highest BCUT2D eigenvalue weighted by Gasteiger charge is 2.06. The van der Waals surface area contributed by atoms with Crippen molar-refractivity contribution in [2.24, 2.45) is 0 Å². The highest BCUT2D eigenvalue weighted by molar-refractivity contribution is 5.21. The van der Waals surface area contributed by atoms with Crippen LogP contribution >= 0.6 is 0 Å². The van der Waals surface area contributed by atoms with Crippen molar-refractivity contribution in [3.8, 4) is 0 Å². The van der Waals surface area contributed by atoms with Gasteiger partial charge in [-0.2, -0.15) is 0 Å². The minimum atomic E-state index is -0.212. The second kappa shape index (κ2) is 20.8. The van der Waals surface area contributed by atoms with Crippen LogP contribution in [0.5, 0.6) is 0 Å². The summed E-state index contributed by atoms with van der Waals surface area (Å²) in [5.74, 6) is 0. The molecule has 0 amide bonds. The van der Waals surface area contributed by atoms with Gasteiger partial charge >= 0.3 is 0 Å². The largest absolute Gasteiger partial charge is 0.380 e. The van der Waals surface area contributed by atoms with Gasteiger partial charge in [-0.1, -0.05) is 43.5 Å². The summed E-state index contributed by atoms with van der Waals surface area (Å²) in [7, 11) is 1.65. The fourth-order valence-electron chi connectivity index (χ4n) is 1.51. The van der Waals surface area contributed by atoms with Crippen molar-refractivity contribution in [1.29, 1.82) is 0 Å². The van der Waals surface area contributed by atoms with Crippen LogP contribution in [0.25, 0.3) is 0 Å². The third-order valence-electron chi connectivity index (χ3n) is 2.53. The van der Waals surface area contributed by atoms with Gasteiger partial charge in [0.25, 0.3) is 0 Å². The van der Waals surface area contributed by atoms with Crippen molar-refractivity contribution in [3.63, 3.8) is 0 Å². The summed E-state index contributed by atoms with van der Waals surface area (Å²) in [5, 5.41) is 0. The van der Waals surface area contributed by atoms with Crippen LogP contribution in [-0.2, 0) is 18.9 Å². The SMILES string of the molecule is C/C=C/CCOCC(OCC)OCC.C=C/C=C(\C=C)COC. The highest BCUT2D eigenvalue weighted by atomic mass is 16.7. The van der Waals surface area contributed by atoms with Gasteiger partial charge in [0.05, 0.1) is 19.8 Å². The molecule has 0 aliphatic carbocycles. The Bertz CT molecular complexity index is 315. The Balaban J connectivity index is 0. The van der Waals surface area contributed by atoms with Crippen molar-refractivity contribution in [3.05, 3.63) is 49.1 Å². The Morgan fingerprint density at radius 1 is 1.13 bits per heavy atom. The number of methoxy groups -OCH3 is 1. The van der Waals surface area contributed by atoms with Crippen LogP contribution < -0.4 is 0 Å². The zero-order valence-electron chi connectivity index (χ0n) is 15.3. The predicted octanol–water partition coefficient (Wildman–Crippen LogP) is 4.30.